The smallest absolute Gasteiger partial charge is 0.212 e. The predicted octanol–water partition coefficient (Wildman–Crippen LogP) is 2.88. The lowest BCUT2D eigenvalue weighted by atomic mass is 10.1. The summed E-state index contributed by atoms with van der Waals surface area (Å²) in [5.41, 5.74) is 4.07. The molecule has 5 rings (SSSR count). The molecule has 4 aromatic heterocycles. The van der Waals surface area contributed by atoms with Gasteiger partial charge < -0.3 is 9.15 Å². The number of fused-ring (bicyclic) bond motifs is 1. The van der Waals surface area contributed by atoms with Crippen molar-refractivity contribution in [3.63, 3.8) is 0 Å². The molecule has 0 amide bonds. The van der Waals surface area contributed by atoms with Crippen LogP contribution >= 0.6 is 0 Å². The molecular weight excluding hydrogens is 380 g/mol. The van der Waals surface area contributed by atoms with Gasteiger partial charge in [-0.15, -0.1) is 5.10 Å². The maximum Gasteiger partial charge on any atom is 0.212 e. The van der Waals surface area contributed by atoms with E-state index in [1.54, 1.807) is 19.6 Å². The third-order valence-electron chi connectivity index (χ3n) is 5.73. The minimum atomic E-state index is 0.180. The molecular formula is C22H24N6O2. The highest BCUT2D eigenvalue weighted by molar-refractivity contribution is 5.66. The van der Waals surface area contributed by atoms with Crippen LogP contribution in [-0.4, -0.2) is 63.4 Å². The number of likely N-dealkylation sites (N-methyl/N-ethyl adjacent to an activating group) is 1. The highest BCUT2D eigenvalue weighted by atomic mass is 16.5. The molecule has 1 aliphatic heterocycles. The molecule has 5 heterocycles. The molecule has 1 aliphatic rings. The number of methoxy groups -OCH3 is 1. The molecule has 4 aromatic rings. The van der Waals surface area contributed by atoms with Crippen molar-refractivity contribution in [1.82, 2.24) is 29.6 Å². The summed E-state index contributed by atoms with van der Waals surface area (Å²) >= 11 is 0. The minimum absolute atomic E-state index is 0.180. The van der Waals surface area contributed by atoms with Gasteiger partial charge in [0.1, 0.15) is 11.5 Å². The van der Waals surface area contributed by atoms with E-state index in [1.165, 1.54) is 0 Å². The Kier molecular flexibility index (Phi) is 4.94. The van der Waals surface area contributed by atoms with E-state index in [0.717, 1.165) is 54.3 Å². The molecule has 0 aromatic carbocycles. The van der Waals surface area contributed by atoms with Crippen molar-refractivity contribution in [3.8, 4) is 17.0 Å². The Bertz CT molecular complexity index is 1120. The van der Waals surface area contributed by atoms with Crippen LogP contribution in [0.15, 0.2) is 59.5 Å². The first-order valence-corrected chi connectivity index (χ1v) is 10.0. The van der Waals surface area contributed by atoms with Crippen LogP contribution in [0.1, 0.15) is 17.5 Å². The normalized spacial score (nSPS) is 18.1. The van der Waals surface area contributed by atoms with Gasteiger partial charge in [-0.25, -0.2) is 9.50 Å². The molecule has 0 bridgehead atoms. The number of furan rings is 1. The van der Waals surface area contributed by atoms with Gasteiger partial charge in [0, 0.05) is 49.2 Å². The zero-order valence-corrected chi connectivity index (χ0v) is 17.1. The van der Waals surface area contributed by atoms with Crippen LogP contribution in [0.5, 0.6) is 5.88 Å². The molecule has 30 heavy (non-hydrogen) atoms. The lowest BCUT2D eigenvalue weighted by Crippen LogP contribution is -2.46. The number of nitrogens with zero attached hydrogens (tertiary/aromatic N) is 6. The van der Waals surface area contributed by atoms with Gasteiger partial charge in [-0.2, -0.15) is 0 Å². The van der Waals surface area contributed by atoms with Gasteiger partial charge in [0.2, 0.25) is 5.88 Å². The molecule has 0 radical (unpaired) electrons. The van der Waals surface area contributed by atoms with Crippen molar-refractivity contribution in [3.05, 3.63) is 66.5 Å². The monoisotopic (exact) mass is 404 g/mol. The Labute approximate surface area is 174 Å². The van der Waals surface area contributed by atoms with E-state index < -0.39 is 0 Å². The lowest BCUT2D eigenvalue weighted by Gasteiger charge is -2.38. The van der Waals surface area contributed by atoms with Crippen molar-refractivity contribution in [2.45, 2.75) is 12.6 Å². The fourth-order valence-electron chi connectivity index (χ4n) is 3.99. The Hall–Kier alpha value is -3.23. The summed E-state index contributed by atoms with van der Waals surface area (Å²) in [6.07, 6.45) is 5.53. The van der Waals surface area contributed by atoms with Crippen LogP contribution in [-0.2, 0) is 6.54 Å². The molecule has 0 N–H and O–H groups in total. The summed E-state index contributed by atoms with van der Waals surface area (Å²) in [5, 5.41) is 8.96. The van der Waals surface area contributed by atoms with E-state index in [-0.39, 0.29) is 6.04 Å². The second kappa shape index (κ2) is 7.89. The number of pyridine rings is 2. The zero-order chi connectivity index (χ0) is 20.5. The Morgan fingerprint density at radius 2 is 2.03 bits per heavy atom. The molecule has 0 aliphatic carbocycles. The van der Waals surface area contributed by atoms with Crippen LogP contribution in [0, 0.1) is 0 Å². The maximum atomic E-state index is 5.53. The van der Waals surface area contributed by atoms with Gasteiger partial charge in [0.25, 0.3) is 0 Å². The number of hydrogen-bond acceptors (Lipinski definition) is 7. The number of ether oxygens (including phenoxy) is 1. The minimum Gasteiger partial charge on any atom is -0.481 e. The second-order valence-corrected chi connectivity index (χ2v) is 7.62. The molecule has 0 unspecified atom stereocenters. The molecule has 8 nitrogen and oxygen atoms in total. The number of piperazine rings is 1. The average Bonchev–Trinajstić information content (AvgIpc) is 3.44. The standard InChI is InChI=1S/C22H24N6O2/c1-26-9-10-27(14-18-4-3-11-30-18)15-20(26)22-19-7-5-17(13-28(19)25-24-22)16-6-8-21(29-2)23-12-16/h3-8,11-13,20H,9-10,14-15H2,1-2H3/t20-/m0/s1. The number of rotatable bonds is 5. The van der Waals surface area contributed by atoms with Gasteiger partial charge in [-0.3, -0.25) is 9.80 Å². The number of hydrogen-bond donors (Lipinski definition) is 0. The van der Waals surface area contributed by atoms with E-state index in [1.807, 2.05) is 35.0 Å². The number of aromatic nitrogens is 4. The summed E-state index contributed by atoms with van der Waals surface area (Å²) in [6, 6.07) is 12.2. The fraction of sp³-hybridized carbons (Fsp3) is 0.318. The first kappa shape index (κ1) is 18.8. The van der Waals surface area contributed by atoms with Crippen molar-refractivity contribution in [1.29, 1.82) is 0 Å². The average molecular weight is 404 g/mol. The van der Waals surface area contributed by atoms with Crippen molar-refractivity contribution in [2.75, 3.05) is 33.8 Å². The summed E-state index contributed by atoms with van der Waals surface area (Å²) < 4.78 is 12.5. The topological polar surface area (TPSA) is 71.9 Å². The molecule has 8 heteroatoms. The van der Waals surface area contributed by atoms with E-state index in [2.05, 4.69) is 44.3 Å². The van der Waals surface area contributed by atoms with E-state index in [0.29, 0.717) is 5.88 Å². The molecule has 154 valence electrons. The van der Waals surface area contributed by atoms with E-state index in [4.69, 9.17) is 9.15 Å². The second-order valence-electron chi connectivity index (χ2n) is 7.62. The first-order chi connectivity index (χ1) is 14.7. The Morgan fingerprint density at radius 3 is 2.80 bits per heavy atom. The summed E-state index contributed by atoms with van der Waals surface area (Å²) in [7, 11) is 3.76. The summed E-state index contributed by atoms with van der Waals surface area (Å²) in [6.45, 7) is 3.67. The van der Waals surface area contributed by atoms with Gasteiger partial charge in [0.05, 0.1) is 31.5 Å². The molecule has 0 spiro atoms. The van der Waals surface area contributed by atoms with E-state index >= 15 is 0 Å². The maximum absolute atomic E-state index is 5.53. The molecule has 1 fully saturated rings. The van der Waals surface area contributed by atoms with Crippen LogP contribution in [0.2, 0.25) is 0 Å². The fourth-order valence-corrected chi connectivity index (χ4v) is 3.99. The third kappa shape index (κ3) is 3.55. The van der Waals surface area contributed by atoms with Crippen LogP contribution in [0.4, 0.5) is 0 Å². The quantitative estimate of drug-likeness (QED) is 0.506. The summed E-state index contributed by atoms with van der Waals surface area (Å²) in [4.78, 5) is 9.05. The van der Waals surface area contributed by atoms with Crippen LogP contribution < -0.4 is 4.74 Å². The Morgan fingerprint density at radius 1 is 1.13 bits per heavy atom. The van der Waals surface area contributed by atoms with Crippen molar-refractivity contribution >= 4 is 5.52 Å². The molecule has 1 atom stereocenters. The third-order valence-corrected chi connectivity index (χ3v) is 5.73. The highest BCUT2D eigenvalue weighted by Crippen LogP contribution is 2.28. The van der Waals surface area contributed by atoms with Gasteiger partial charge in [-0.05, 0) is 31.3 Å². The Balaban J connectivity index is 1.40. The van der Waals surface area contributed by atoms with Crippen LogP contribution in [0.25, 0.3) is 16.6 Å². The van der Waals surface area contributed by atoms with Crippen molar-refractivity contribution < 1.29 is 9.15 Å². The summed E-state index contributed by atoms with van der Waals surface area (Å²) in [5.74, 6) is 1.59. The highest BCUT2D eigenvalue weighted by Gasteiger charge is 2.29. The van der Waals surface area contributed by atoms with Gasteiger partial charge in [-0.1, -0.05) is 11.3 Å². The lowest BCUT2D eigenvalue weighted by molar-refractivity contribution is 0.0840. The van der Waals surface area contributed by atoms with Gasteiger partial charge >= 0.3 is 0 Å². The molecule has 0 saturated carbocycles. The van der Waals surface area contributed by atoms with E-state index in [9.17, 15) is 0 Å². The van der Waals surface area contributed by atoms with Gasteiger partial charge in [0.15, 0.2) is 0 Å². The predicted molar refractivity (Wildman–Crippen MR) is 112 cm³/mol. The molecule has 1 saturated heterocycles. The largest absolute Gasteiger partial charge is 0.481 e. The first-order valence-electron chi connectivity index (χ1n) is 10.0. The zero-order valence-electron chi connectivity index (χ0n) is 17.1. The SMILES string of the molecule is COc1ccc(-c2ccc3c([C@@H]4CN(Cc5ccco5)CCN4C)nnn3c2)cn1. The van der Waals surface area contributed by atoms with Crippen LogP contribution in [0.3, 0.4) is 0 Å². The van der Waals surface area contributed by atoms with Crippen molar-refractivity contribution in [2.24, 2.45) is 0 Å².